The van der Waals surface area contributed by atoms with Gasteiger partial charge in [0.15, 0.2) is 6.61 Å². The highest BCUT2D eigenvalue weighted by Crippen LogP contribution is 2.30. The van der Waals surface area contributed by atoms with Crippen LogP contribution in [0.5, 0.6) is 5.88 Å². The molecule has 1 aliphatic rings. The Kier molecular flexibility index (Phi) is 4.98. The number of halogens is 3. The number of carbonyl (C=O) groups is 1. The molecule has 1 N–H and O–H groups in total. The number of amides is 1. The summed E-state index contributed by atoms with van der Waals surface area (Å²) < 4.78 is 29.2. The molecule has 1 aliphatic heterocycles. The van der Waals surface area contributed by atoms with Gasteiger partial charge in [-0.15, -0.1) is 0 Å². The molecule has 25 heavy (non-hydrogen) atoms. The van der Waals surface area contributed by atoms with Crippen molar-refractivity contribution < 1.29 is 18.3 Å². The number of ether oxygens (including phenoxy) is 1. The van der Waals surface area contributed by atoms with Crippen molar-refractivity contribution in [2.45, 2.75) is 19.5 Å². The fourth-order valence-electron chi connectivity index (χ4n) is 2.65. The molecular formula is C16H15ClF2N4O2. The maximum absolute atomic E-state index is 12.5. The van der Waals surface area contributed by atoms with Crippen molar-refractivity contribution in [1.82, 2.24) is 14.9 Å². The lowest BCUT2D eigenvalue weighted by Crippen LogP contribution is -2.23. The molecule has 0 atom stereocenters. The van der Waals surface area contributed by atoms with E-state index in [2.05, 4.69) is 15.3 Å². The van der Waals surface area contributed by atoms with Gasteiger partial charge in [-0.3, -0.25) is 4.79 Å². The van der Waals surface area contributed by atoms with Gasteiger partial charge >= 0.3 is 0 Å². The monoisotopic (exact) mass is 368 g/mol. The van der Waals surface area contributed by atoms with E-state index < -0.39 is 13.0 Å². The maximum Gasteiger partial charge on any atom is 0.272 e. The summed E-state index contributed by atoms with van der Waals surface area (Å²) in [4.78, 5) is 22.3. The standard InChI is InChI=1S/C16H15ClF2N4O2/c1-20-14-11-7-23(16(24)10(11)2-3-21-14)6-9-4-12(17)15(22-5-9)25-8-13(18)19/h2-5,13H,6-8H2,1H3,(H,20,21). The molecule has 0 unspecified atom stereocenters. The Balaban J connectivity index is 1.73. The van der Waals surface area contributed by atoms with Gasteiger partial charge < -0.3 is 15.0 Å². The first kappa shape index (κ1) is 17.3. The summed E-state index contributed by atoms with van der Waals surface area (Å²) in [7, 11) is 1.75. The van der Waals surface area contributed by atoms with Gasteiger partial charge in [-0.1, -0.05) is 11.6 Å². The summed E-state index contributed by atoms with van der Waals surface area (Å²) in [5.41, 5.74) is 2.12. The summed E-state index contributed by atoms with van der Waals surface area (Å²) in [6.07, 6.45) is 0.438. The van der Waals surface area contributed by atoms with Gasteiger partial charge in [-0.25, -0.2) is 18.7 Å². The molecule has 9 heteroatoms. The normalized spacial score (nSPS) is 13.3. The molecule has 2 aromatic rings. The van der Waals surface area contributed by atoms with E-state index in [1.807, 2.05) is 0 Å². The molecule has 0 fully saturated rings. The van der Waals surface area contributed by atoms with Crippen LogP contribution in [0, 0.1) is 0 Å². The summed E-state index contributed by atoms with van der Waals surface area (Å²) >= 11 is 6.02. The molecule has 0 saturated carbocycles. The van der Waals surface area contributed by atoms with Gasteiger partial charge in [0.25, 0.3) is 12.3 Å². The summed E-state index contributed by atoms with van der Waals surface area (Å²) in [5.74, 6) is 0.506. The fraction of sp³-hybridized carbons (Fsp3) is 0.312. The minimum atomic E-state index is -2.60. The van der Waals surface area contributed by atoms with Crippen LogP contribution in [0.1, 0.15) is 21.5 Å². The number of pyridine rings is 2. The first-order valence-electron chi connectivity index (χ1n) is 7.50. The molecule has 132 valence electrons. The van der Waals surface area contributed by atoms with Crippen LogP contribution in [0.25, 0.3) is 0 Å². The molecular weight excluding hydrogens is 354 g/mol. The zero-order chi connectivity index (χ0) is 18.0. The molecule has 0 aromatic carbocycles. The topological polar surface area (TPSA) is 67.3 Å². The number of carbonyl (C=O) groups excluding carboxylic acids is 1. The second-order valence-electron chi connectivity index (χ2n) is 5.43. The third kappa shape index (κ3) is 3.63. The average Bonchev–Trinajstić information content (AvgIpc) is 2.90. The van der Waals surface area contributed by atoms with E-state index in [1.54, 1.807) is 30.3 Å². The summed E-state index contributed by atoms with van der Waals surface area (Å²) in [5, 5.41) is 3.10. The first-order chi connectivity index (χ1) is 12.0. The van der Waals surface area contributed by atoms with E-state index in [4.69, 9.17) is 16.3 Å². The highest BCUT2D eigenvalue weighted by Gasteiger charge is 2.29. The highest BCUT2D eigenvalue weighted by atomic mass is 35.5. The lowest BCUT2D eigenvalue weighted by molar-refractivity contribution is 0.0763. The van der Waals surface area contributed by atoms with Crippen LogP contribution < -0.4 is 10.1 Å². The van der Waals surface area contributed by atoms with E-state index in [-0.39, 0.29) is 16.8 Å². The van der Waals surface area contributed by atoms with Gasteiger partial charge in [-0.05, 0) is 17.7 Å². The molecule has 0 radical (unpaired) electrons. The first-order valence-corrected chi connectivity index (χ1v) is 7.87. The van der Waals surface area contributed by atoms with Gasteiger partial charge in [0, 0.05) is 37.1 Å². The highest BCUT2D eigenvalue weighted by molar-refractivity contribution is 6.31. The third-order valence-electron chi connectivity index (χ3n) is 3.74. The molecule has 0 aliphatic carbocycles. The molecule has 3 rings (SSSR count). The van der Waals surface area contributed by atoms with Gasteiger partial charge in [0.2, 0.25) is 5.88 Å². The predicted octanol–water partition coefficient (Wildman–Crippen LogP) is 2.97. The number of hydrogen-bond donors (Lipinski definition) is 1. The number of nitrogens with zero attached hydrogens (tertiary/aromatic N) is 3. The molecule has 6 nitrogen and oxygen atoms in total. The Morgan fingerprint density at radius 3 is 2.92 bits per heavy atom. The number of nitrogens with one attached hydrogen (secondary N) is 1. The fourth-order valence-corrected chi connectivity index (χ4v) is 2.89. The lowest BCUT2D eigenvalue weighted by Gasteiger charge is -2.16. The number of aromatic nitrogens is 2. The molecule has 0 saturated heterocycles. The largest absolute Gasteiger partial charge is 0.471 e. The Hall–Kier alpha value is -2.48. The van der Waals surface area contributed by atoms with Crippen LogP contribution in [0.3, 0.4) is 0 Å². The van der Waals surface area contributed by atoms with Crippen molar-refractivity contribution in [3.05, 3.63) is 46.2 Å². The van der Waals surface area contributed by atoms with E-state index in [0.717, 1.165) is 5.56 Å². The third-order valence-corrected chi connectivity index (χ3v) is 4.01. The van der Waals surface area contributed by atoms with Gasteiger partial charge in [0.05, 0.1) is 6.54 Å². The Morgan fingerprint density at radius 2 is 2.24 bits per heavy atom. The predicted molar refractivity (Wildman–Crippen MR) is 88.1 cm³/mol. The number of fused-ring (bicyclic) bond motifs is 1. The van der Waals surface area contributed by atoms with Crippen LogP contribution in [-0.4, -0.2) is 40.9 Å². The van der Waals surface area contributed by atoms with E-state index >= 15 is 0 Å². The van der Waals surface area contributed by atoms with Crippen molar-refractivity contribution in [2.75, 3.05) is 19.0 Å². The average molecular weight is 369 g/mol. The maximum atomic E-state index is 12.5. The zero-order valence-corrected chi connectivity index (χ0v) is 14.1. The van der Waals surface area contributed by atoms with Crippen molar-refractivity contribution in [1.29, 1.82) is 0 Å². The summed E-state index contributed by atoms with van der Waals surface area (Å²) in [6, 6.07) is 3.24. The number of rotatable bonds is 6. The number of anilines is 1. The van der Waals surface area contributed by atoms with Gasteiger partial charge in [-0.2, -0.15) is 0 Å². The minimum Gasteiger partial charge on any atom is -0.471 e. The Bertz CT molecular complexity index is 804. The van der Waals surface area contributed by atoms with E-state index in [1.165, 1.54) is 6.20 Å². The molecule has 3 heterocycles. The minimum absolute atomic E-state index is 0.0524. The van der Waals surface area contributed by atoms with Crippen LogP contribution in [0.15, 0.2) is 24.5 Å². The molecule has 1 amide bonds. The Morgan fingerprint density at radius 1 is 1.44 bits per heavy atom. The number of alkyl halides is 2. The van der Waals surface area contributed by atoms with Crippen LogP contribution in [0.4, 0.5) is 14.6 Å². The second-order valence-corrected chi connectivity index (χ2v) is 5.84. The van der Waals surface area contributed by atoms with Crippen LogP contribution in [-0.2, 0) is 13.1 Å². The van der Waals surface area contributed by atoms with Gasteiger partial charge in [0.1, 0.15) is 10.8 Å². The van der Waals surface area contributed by atoms with E-state index in [9.17, 15) is 13.6 Å². The molecule has 0 spiro atoms. The van der Waals surface area contributed by atoms with Crippen molar-refractivity contribution in [3.8, 4) is 5.88 Å². The lowest BCUT2D eigenvalue weighted by atomic mass is 10.1. The number of hydrogen-bond acceptors (Lipinski definition) is 5. The smallest absolute Gasteiger partial charge is 0.272 e. The SMILES string of the molecule is CNc1nccc2c1CN(Cc1cnc(OCC(F)F)c(Cl)c1)C2=O. The quantitative estimate of drug-likeness (QED) is 0.849. The second kappa shape index (κ2) is 7.18. The zero-order valence-electron chi connectivity index (χ0n) is 13.3. The van der Waals surface area contributed by atoms with Crippen LogP contribution in [0.2, 0.25) is 5.02 Å². The Labute approximate surface area is 147 Å². The van der Waals surface area contributed by atoms with Crippen molar-refractivity contribution in [2.24, 2.45) is 0 Å². The van der Waals surface area contributed by atoms with Crippen molar-refractivity contribution in [3.63, 3.8) is 0 Å². The van der Waals surface area contributed by atoms with Crippen molar-refractivity contribution >= 4 is 23.3 Å². The molecule has 2 aromatic heterocycles. The summed E-state index contributed by atoms with van der Waals surface area (Å²) in [6.45, 7) is -0.0657. The van der Waals surface area contributed by atoms with E-state index in [0.29, 0.717) is 30.0 Å². The molecule has 0 bridgehead atoms. The van der Waals surface area contributed by atoms with Crippen LogP contribution >= 0.6 is 11.6 Å².